The van der Waals surface area contributed by atoms with Gasteiger partial charge in [0, 0.05) is 11.8 Å². The van der Waals surface area contributed by atoms with Gasteiger partial charge < -0.3 is 28.8 Å². The number of aromatic nitrogens is 2. The Kier molecular flexibility index (Phi) is 10.3. The number of aromatic amines is 1. The van der Waals surface area contributed by atoms with Gasteiger partial charge in [-0.25, -0.2) is 4.79 Å². The standard InChI is InChI=1S/C41H39N3O10/c1-25-23-44(40(49)42-36(25)46)39-35(52-22-21-43-37(47)31-11-7-8-12-32(31)38(43)48)34(45)33(54-39)24-53-41(26-9-5-4-6-10-26,27-13-17-29(50-2)18-14-27)28-15-19-30(51-3)20-16-28/h4-20,23,33-35,39,45H,21-22,24H2,1-3H3,(H,42,46,49)/t33-,34-,35-,39-/m1/s1. The number of rotatable bonds is 13. The number of aryl methyl sites for hydroxylation is 1. The van der Waals surface area contributed by atoms with Gasteiger partial charge in [-0.15, -0.1) is 0 Å². The molecule has 1 fully saturated rings. The maximum absolute atomic E-state index is 13.2. The van der Waals surface area contributed by atoms with Crippen molar-refractivity contribution in [2.75, 3.05) is 34.0 Å². The zero-order valence-corrected chi connectivity index (χ0v) is 29.8. The maximum atomic E-state index is 13.2. The predicted octanol–water partition coefficient (Wildman–Crippen LogP) is 3.81. The highest BCUT2D eigenvalue weighted by atomic mass is 16.6. The number of benzene rings is 4. The molecule has 54 heavy (non-hydrogen) atoms. The van der Waals surface area contributed by atoms with E-state index < -0.39 is 53.2 Å². The van der Waals surface area contributed by atoms with Crippen molar-refractivity contribution < 1.29 is 38.4 Å². The van der Waals surface area contributed by atoms with E-state index in [0.717, 1.165) is 26.2 Å². The van der Waals surface area contributed by atoms with E-state index in [1.54, 1.807) is 38.5 Å². The van der Waals surface area contributed by atoms with E-state index in [1.165, 1.54) is 13.1 Å². The molecule has 7 rings (SSSR count). The summed E-state index contributed by atoms with van der Waals surface area (Å²) < 4.78 is 31.6. The zero-order valence-electron chi connectivity index (χ0n) is 29.8. The normalized spacial score (nSPS) is 19.6. The molecular formula is C41H39N3O10. The van der Waals surface area contributed by atoms with Gasteiger partial charge >= 0.3 is 5.69 Å². The van der Waals surface area contributed by atoms with E-state index in [1.807, 2.05) is 78.9 Å². The minimum absolute atomic E-state index is 0.116. The van der Waals surface area contributed by atoms with Gasteiger partial charge in [-0.05, 0) is 60.0 Å². The van der Waals surface area contributed by atoms with E-state index in [4.69, 9.17) is 23.7 Å². The van der Waals surface area contributed by atoms with E-state index in [2.05, 4.69) is 4.98 Å². The fourth-order valence-electron chi connectivity index (χ4n) is 7.04. The molecule has 0 radical (unpaired) electrons. The van der Waals surface area contributed by atoms with Crippen LogP contribution in [0.4, 0.5) is 0 Å². The molecule has 3 heterocycles. The molecule has 5 aromatic rings. The Morgan fingerprint density at radius 3 is 1.85 bits per heavy atom. The van der Waals surface area contributed by atoms with Crippen LogP contribution in [-0.4, -0.2) is 83.7 Å². The Hall–Kier alpha value is -5.86. The van der Waals surface area contributed by atoms with Crippen LogP contribution in [-0.2, 0) is 19.8 Å². The molecule has 0 aliphatic carbocycles. The first-order valence-corrected chi connectivity index (χ1v) is 17.4. The van der Waals surface area contributed by atoms with Gasteiger partial charge in [-0.3, -0.25) is 28.8 Å². The Labute approximate surface area is 310 Å². The highest BCUT2D eigenvalue weighted by Gasteiger charge is 2.48. The predicted molar refractivity (Wildman–Crippen MR) is 196 cm³/mol. The Bertz CT molecular complexity index is 2170. The lowest BCUT2D eigenvalue weighted by atomic mass is 9.80. The number of ether oxygens (including phenoxy) is 5. The Morgan fingerprint density at radius 1 is 0.759 bits per heavy atom. The number of H-pyrrole nitrogens is 1. The van der Waals surface area contributed by atoms with Gasteiger partial charge in [0.15, 0.2) is 6.23 Å². The average molecular weight is 734 g/mol. The van der Waals surface area contributed by atoms with Crippen LogP contribution >= 0.6 is 0 Å². The number of methoxy groups -OCH3 is 2. The first kappa shape index (κ1) is 36.5. The number of aliphatic hydroxyl groups excluding tert-OH is 1. The average Bonchev–Trinajstić information content (AvgIpc) is 3.64. The molecule has 2 N–H and O–H groups in total. The maximum Gasteiger partial charge on any atom is 0.330 e. The molecule has 4 aromatic carbocycles. The number of nitrogens with one attached hydrogen (secondary N) is 1. The molecule has 2 aliphatic rings. The second kappa shape index (κ2) is 15.2. The molecule has 4 atom stereocenters. The second-order valence-corrected chi connectivity index (χ2v) is 13.0. The Balaban J connectivity index is 1.22. The topological polar surface area (TPSA) is 159 Å². The van der Waals surface area contributed by atoms with Gasteiger partial charge in [-0.1, -0.05) is 66.7 Å². The summed E-state index contributed by atoms with van der Waals surface area (Å²) in [6.45, 7) is 1.05. The van der Waals surface area contributed by atoms with Crippen LogP contribution in [0.1, 0.15) is 49.2 Å². The third kappa shape index (κ3) is 6.62. The molecule has 0 saturated carbocycles. The van der Waals surface area contributed by atoms with Crippen LogP contribution in [0, 0.1) is 6.92 Å². The number of carbonyl (C=O) groups excluding carboxylic acids is 2. The van der Waals surface area contributed by atoms with Crippen molar-refractivity contribution in [3.8, 4) is 11.5 Å². The SMILES string of the molecule is COc1ccc(C(OC[C@H]2O[C@@H](n3cc(C)c(=O)[nH]c3=O)[C@H](OCCN3C(=O)c4ccccc4C3=O)[C@@H]2O)(c2ccccc2)c2ccc(OC)cc2)cc1. The molecule has 1 saturated heterocycles. The first-order valence-electron chi connectivity index (χ1n) is 17.4. The summed E-state index contributed by atoms with van der Waals surface area (Å²) in [6.07, 6.45) is -3.47. The van der Waals surface area contributed by atoms with Gasteiger partial charge in [0.25, 0.3) is 17.4 Å². The molecule has 1 aromatic heterocycles. The second-order valence-electron chi connectivity index (χ2n) is 13.0. The first-order chi connectivity index (χ1) is 26.2. The quantitative estimate of drug-likeness (QED) is 0.135. The van der Waals surface area contributed by atoms with Crippen molar-refractivity contribution in [2.45, 2.75) is 37.1 Å². The zero-order chi connectivity index (χ0) is 38.0. The molecule has 2 amide bonds. The number of hydrogen-bond acceptors (Lipinski definition) is 10. The van der Waals surface area contributed by atoms with E-state index >= 15 is 0 Å². The molecule has 0 unspecified atom stereocenters. The number of nitrogens with zero attached hydrogens (tertiary/aromatic N) is 2. The fraction of sp³-hybridized carbons (Fsp3) is 0.268. The fourth-order valence-corrected chi connectivity index (χ4v) is 7.04. The van der Waals surface area contributed by atoms with Crippen LogP contribution in [0.3, 0.4) is 0 Å². The minimum Gasteiger partial charge on any atom is -0.497 e. The van der Waals surface area contributed by atoms with Crippen LogP contribution in [0.2, 0.25) is 0 Å². The van der Waals surface area contributed by atoms with E-state index in [0.29, 0.717) is 22.6 Å². The number of aliphatic hydroxyl groups is 1. The number of imide groups is 1. The monoisotopic (exact) mass is 733 g/mol. The highest BCUT2D eigenvalue weighted by Crippen LogP contribution is 2.43. The lowest BCUT2D eigenvalue weighted by Crippen LogP contribution is -2.42. The molecule has 0 bridgehead atoms. The molecule has 2 aliphatic heterocycles. The van der Waals surface area contributed by atoms with Crippen LogP contribution < -0.4 is 20.7 Å². The number of hydrogen-bond donors (Lipinski definition) is 2. The lowest BCUT2D eigenvalue weighted by molar-refractivity contribution is -0.0983. The third-order valence-electron chi connectivity index (χ3n) is 9.87. The summed E-state index contributed by atoms with van der Waals surface area (Å²) in [4.78, 5) is 54.8. The number of amides is 2. The summed E-state index contributed by atoms with van der Waals surface area (Å²) in [5.41, 5.74) is 0.548. The summed E-state index contributed by atoms with van der Waals surface area (Å²) in [5.74, 6) is 0.394. The van der Waals surface area contributed by atoms with Crippen molar-refractivity contribution in [1.82, 2.24) is 14.5 Å². The highest BCUT2D eigenvalue weighted by molar-refractivity contribution is 6.21. The molecule has 278 valence electrons. The van der Waals surface area contributed by atoms with Crippen LogP contribution in [0.15, 0.2) is 119 Å². The summed E-state index contributed by atoms with van der Waals surface area (Å²) in [6, 6.07) is 31.1. The minimum atomic E-state index is -1.36. The van der Waals surface area contributed by atoms with Crippen molar-refractivity contribution >= 4 is 11.8 Å². The van der Waals surface area contributed by atoms with Crippen molar-refractivity contribution in [3.05, 3.63) is 164 Å². The van der Waals surface area contributed by atoms with Crippen molar-refractivity contribution in [1.29, 1.82) is 0 Å². The number of fused-ring (bicyclic) bond motifs is 1. The molecule has 0 spiro atoms. The number of carbonyl (C=O) groups is 2. The van der Waals surface area contributed by atoms with Gasteiger partial charge in [0.05, 0.1) is 45.1 Å². The third-order valence-corrected chi connectivity index (χ3v) is 9.87. The Morgan fingerprint density at radius 2 is 1.30 bits per heavy atom. The van der Waals surface area contributed by atoms with Crippen molar-refractivity contribution in [2.24, 2.45) is 0 Å². The summed E-state index contributed by atoms with van der Waals surface area (Å²) in [5, 5.41) is 11.9. The van der Waals surface area contributed by atoms with Crippen molar-refractivity contribution in [3.63, 3.8) is 0 Å². The molecule has 13 heteroatoms. The van der Waals surface area contributed by atoms with Gasteiger partial charge in [0.1, 0.15) is 35.4 Å². The lowest BCUT2D eigenvalue weighted by Gasteiger charge is -2.37. The largest absolute Gasteiger partial charge is 0.497 e. The summed E-state index contributed by atoms with van der Waals surface area (Å²) in [7, 11) is 3.17. The van der Waals surface area contributed by atoms with Crippen LogP contribution in [0.25, 0.3) is 0 Å². The smallest absolute Gasteiger partial charge is 0.330 e. The van der Waals surface area contributed by atoms with Crippen LogP contribution in [0.5, 0.6) is 11.5 Å². The van der Waals surface area contributed by atoms with E-state index in [-0.39, 0.29) is 25.3 Å². The molecule has 13 nitrogen and oxygen atoms in total. The van der Waals surface area contributed by atoms with Gasteiger partial charge in [0.2, 0.25) is 0 Å². The molecular weight excluding hydrogens is 694 g/mol. The summed E-state index contributed by atoms with van der Waals surface area (Å²) >= 11 is 0. The van der Waals surface area contributed by atoms with Gasteiger partial charge in [-0.2, -0.15) is 0 Å². The van der Waals surface area contributed by atoms with E-state index in [9.17, 15) is 24.3 Å².